The van der Waals surface area contributed by atoms with E-state index in [1.54, 1.807) is 6.26 Å². The van der Waals surface area contributed by atoms with Crippen LogP contribution in [0.1, 0.15) is 45.9 Å². The topological polar surface area (TPSA) is 34.4 Å². The standard InChI is InChI=1S/C13H22BrNO2/c1-5-8-15-12(13(3,4)17-6-2)11-10(14)7-9-16-11/h7,9,12,15H,5-6,8H2,1-4H3. The van der Waals surface area contributed by atoms with Crippen molar-refractivity contribution in [1.29, 1.82) is 0 Å². The van der Waals surface area contributed by atoms with Crippen LogP contribution in [0.3, 0.4) is 0 Å². The molecule has 3 nitrogen and oxygen atoms in total. The molecule has 0 aliphatic carbocycles. The van der Waals surface area contributed by atoms with Crippen molar-refractivity contribution in [3.63, 3.8) is 0 Å². The molecule has 17 heavy (non-hydrogen) atoms. The van der Waals surface area contributed by atoms with Gasteiger partial charge in [-0.1, -0.05) is 6.92 Å². The minimum atomic E-state index is -0.301. The first-order valence-electron chi connectivity index (χ1n) is 6.13. The van der Waals surface area contributed by atoms with Gasteiger partial charge in [0.25, 0.3) is 0 Å². The molecule has 0 radical (unpaired) electrons. The lowest BCUT2D eigenvalue weighted by molar-refractivity contribution is -0.0441. The van der Waals surface area contributed by atoms with Crippen LogP contribution in [0.2, 0.25) is 0 Å². The van der Waals surface area contributed by atoms with Crippen LogP contribution in [0.5, 0.6) is 0 Å². The van der Waals surface area contributed by atoms with Crippen LogP contribution >= 0.6 is 15.9 Å². The second kappa shape index (κ2) is 6.57. The van der Waals surface area contributed by atoms with E-state index in [9.17, 15) is 0 Å². The van der Waals surface area contributed by atoms with E-state index < -0.39 is 0 Å². The Morgan fingerprint density at radius 1 is 1.47 bits per heavy atom. The molecule has 1 aromatic rings. The third-order valence-electron chi connectivity index (χ3n) is 2.72. The summed E-state index contributed by atoms with van der Waals surface area (Å²) >= 11 is 3.51. The van der Waals surface area contributed by atoms with Gasteiger partial charge in [0, 0.05) is 6.61 Å². The molecule has 0 fully saturated rings. The van der Waals surface area contributed by atoms with Gasteiger partial charge in [0.2, 0.25) is 0 Å². The maximum Gasteiger partial charge on any atom is 0.137 e. The number of halogens is 1. The molecule has 1 heterocycles. The van der Waals surface area contributed by atoms with Gasteiger partial charge in [-0.3, -0.25) is 0 Å². The first kappa shape index (κ1) is 14.7. The van der Waals surface area contributed by atoms with E-state index in [0.29, 0.717) is 6.61 Å². The Balaban J connectivity index is 2.91. The summed E-state index contributed by atoms with van der Waals surface area (Å²) in [5.41, 5.74) is -0.301. The predicted molar refractivity (Wildman–Crippen MR) is 73.1 cm³/mol. The molecule has 0 amide bonds. The van der Waals surface area contributed by atoms with Crippen LogP contribution in [0.15, 0.2) is 21.2 Å². The van der Waals surface area contributed by atoms with Gasteiger partial charge in [0.15, 0.2) is 0 Å². The maximum atomic E-state index is 5.82. The highest BCUT2D eigenvalue weighted by atomic mass is 79.9. The lowest BCUT2D eigenvalue weighted by Gasteiger charge is -2.33. The Hall–Kier alpha value is -0.320. The normalized spacial score (nSPS) is 13.9. The summed E-state index contributed by atoms with van der Waals surface area (Å²) in [4.78, 5) is 0. The molecule has 1 N–H and O–H groups in total. The summed E-state index contributed by atoms with van der Waals surface area (Å²) in [6.07, 6.45) is 2.78. The van der Waals surface area contributed by atoms with Crippen LogP contribution in [-0.4, -0.2) is 18.8 Å². The minimum Gasteiger partial charge on any atom is -0.466 e. The number of hydrogen-bond acceptors (Lipinski definition) is 3. The van der Waals surface area contributed by atoms with E-state index >= 15 is 0 Å². The fourth-order valence-electron chi connectivity index (χ4n) is 1.91. The summed E-state index contributed by atoms with van der Waals surface area (Å²) in [7, 11) is 0. The average Bonchev–Trinajstić information content (AvgIpc) is 2.65. The van der Waals surface area contributed by atoms with Crippen LogP contribution < -0.4 is 5.32 Å². The number of hydrogen-bond donors (Lipinski definition) is 1. The number of rotatable bonds is 7. The van der Waals surface area contributed by atoms with E-state index in [1.807, 2.05) is 13.0 Å². The van der Waals surface area contributed by atoms with Crippen molar-refractivity contribution in [3.05, 3.63) is 22.6 Å². The minimum absolute atomic E-state index is 0.0479. The van der Waals surface area contributed by atoms with Gasteiger partial charge >= 0.3 is 0 Å². The van der Waals surface area contributed by atoms with Crippen LogP contribution in [0.25, 0.3) is 0 Å². The Morgan fingerprint density at radius 2 is 2.18 bits per heavy atom. The molecular weight excluding hydrogens is 282 g/mol. The van der Waals surface area contributed by atoms with Gasteiger partial charge in [0.05, 0.1) is 22.4 Å². The fourth-order valence-corrected chi connectivity index (χ4v) is 2.34. The second-order valence-corrected chi connectivity index (χ2v) is 5.41. The van der Waals surface area contributed by atoms with Crippen molar-refractivity contribution < 1.29 is 9.15 Å². The van der Waals surface area contributed by atoms with Crippen molar-refractivity contribution in [2.75, 3.05) is 13.2 Å². The molecule has 1 atom stereocenters. The van der Waals surface area contributed by atoms with Gasteiger partial charge in [-0.2, -0.15) is 0 Å². The molecule has 0 aliphatic heterocycles. The van der Waals surface area contributed by atoms with E-state index in [4.69, 9.17) is 9.15 Å². The second-order valence-electron chi connectivity index (χ2n) is 4.56. The summed E-state index contributed by atoms with van der Waals surface area (Å²) in [6, 6.07) is 1.96. The van der Waals surface area contributed by atoms with E-state index in [2.05, 4.69) is 42.0 Å². The smallest absolute Gasteiger partial charge is 0.137 e. The molecule has 0 aromatic carbocycles. The zero-order valence-corrected chi connectivity index (χ0v) is 12.6. The molecule has 0 bridgehead atoms. The zero-order chi connectivity index (χ0) is 12.9. The van der Waals surface area contributed by atoms with E-state index in [1.165, 1.54) is 0 Å². The molecule has 1 unspecified atom stereocenters. The van der Waals surface area contributed by atoms with Crippen molar-refractivity contribution in [2.45, 2.75) is 45.8 Å². The van der Waals surface area contributed by atoms with Crippen molar-refractivity contribution in [3.8, 4) is 0 Å². The van der Waals surface area contributed by atoms with Gasteiger partial charge < -0.3 is 14.5 Å². The summed E-state index contributed by atoms with van der Waals surface area (Å²) in [5, 5.41) is 3.49. The molecule has 0 saturated heterocycles. The average molecular weight is 304 g/mol. The highest BCUT2D eigenvalue weighted by Crippen LogP contribution is 2.34. The molecule has 1 rings (SSSR count). The molecule has 98 valence electrons. The van der Waals surface area contributed by atoms with Gasteiger partial charge in [-0.05, 0) is 55.7 Å². The Morgan fingerprint density at radius 3 is 2.65 bits per heavy atom. The summed E-state index contributed by atoms with van der Waals surface area (Å²) < 4.78 is 12.4. The molecule has 0 aliphatic rings. The molecule has 0 spiro atoms. The fraction of sp³-hybridized carbons (Fsp3) is 0.692. The van der Waals surface area contributed by atoms with E-state index in [-0.39, 0.29) is 11.6 Å². The number of ether oxygens (including phenoxy) is 1. The SMILES string of the molecule is CCCNC(c1occc1Br)C(C)(C)OCC. The zero-order valence-electron chi connectivity index (χ0n) is 11.0. The molecule has 0 saturated carbocycles. The van der Waals surface area contributed by atoms with Gasteiger partial charge in [0.1, 0.15) is 5.76 Å². The molecule has 1 aromatic heterocycles. The van der Waals surface area contributed by atoms with Crippen LogP contribution in [0, 0.1) is 0 Å². The lowest BCUT2D eigenvalue weighted by atomic mass is 9.96. The Kier molecular flexibility index (Phi) is 5.70. The first-order valence-corrected chi connectivity index (χ1v) is 6.92. The molecule has 4 heteroatoms. The van der Waals surface area contributed by atoms with Gasteiger partial charge in [-0.15, -0.1) is 0 Å². The maximum absolute atomic E-state index is 5.82. The highest BCUT2D eigenvalue weighted by molar-refractivity contribution is 9.10. The molecular formula is C13H22BrNO2. The van der Waals surface area contributed by atoms with Crippen LogP contribution in [0.4, 0.5) is 0 Å². The number of nitrogens with one attached hydrogen (secondary N) is 1. The Bertz CT molecular complexity index is 336. The number of furan rings is 1. The van der Waals surface area contributed by atoms with Crippen molar-refractivity contribution in [2.24, 2.45) is 0 Å². The third-order valence-corrected chi connectivity index (χ3v) is 3.37. The largest absolute Gasteiger partial charge is 0.466 e. The highest BCUT2D eigenvalue weighted by Gasteiger charge is 2.34. The Labute approximate surface area is 112 Å². The van der Waals surface area contributed by atoms with Gasteiger partial charge in [-0.25, -0.2) is 0 Å². The monoisotopic (exact) mass is 303 g/mol. The summed E-state index contributed by atoms with van der Waals surface area (Å²) in [6.45, 7) is 9.95. The van der Waals surface area contributed by atoms with Crippen LogP contribution in [-0.2, 0) is 4.74 Å². The van der Waals surface area contributed by atoms with Crippen molar-refractivity contribution in [1.82, 2.24) is 5.32 Å². The third kappa shape index (κ3) is 3.83. The lowest BCUT2D eigenvalue weighted by Crippen LogP contribution is -2.41. The quantitative estimate of drug-likeness (QED) is 0.829. The summed E-state index contributed by atoms with van der Waals surface area (Å²) in [5.74, 6) is 0.900. The van der Waals surface area contributed by atoms with Crippen molar-refractivity contribution >= 4 is 15.9 Å². The predicted octanol–water partition coefficient (Wildman–Crippen LogP) is 3.90. The van der Waals surface area contributed by atoms with E-state index in [0.717, 1.165) is 23.2 Å². The first-order chi connectivity index (χ1) is 8.03.